The van der Waals surface area contributed by atoms with Gasteiger partial charge in [0.25, 0.3) is 5.91 Å². The molecule has 1 amide bonds. The first-order valence-electron chi connectivity index (χ1n) is 9.53. The Morgan fingerprint density at radius 1 is 1.20 bits per heavy atom. The van der Waals surface area contributed by atoms with Gasteiger partial charge in [-0.1, -0.05) is 17.7 Å². The number of benzene rings is 2. The number of nitrogens with one attached hydrogen (secondary N) is 1. The molecule has 9 heteroatoms. The van der Waals surface area contributed by atoms with E-state index in [0.717, 1.165) is 5.56 Å². The number of methoxy groups -OCH3 is 1. The highest BCUT2D eigenvalue weighted by Gasteiger charge is 2.32. The van der Waals surface area contributed by atoms with Gasteiger partial charge in [-0.05, 0) is 50.6 Å². The molecule has 0 aliphatic carbocycles. The fraction of sp³-hybridized carbons (Fsp3) is 0.381. The summed E-state index contributed by atoms with van der Waals surface area (Å²) in [7, 11) is -2.27. The lowest BCUT2D eigenvalue weighted by molar-refractivity contribution is -0.0440. The van der Waals surface area contributed by atoms with Crippen LogP contribution in [0, 0.1) is 6.92 Å². The Morgan fingerprint density at radius 2 is 1.87 bits per heavy atom. The number of nitrogens with zero attached hydrogens (tertiary/aromatic N) is 1. The number of carbonyl (C=O) groups is 1. The van der Waals surface area contributed by atoms with E-state index in [-0.39, 0.29) is 35.8 Å². The van der Waals surface area contributed by atoms with Gasteiger partial charge in [0.1, 0.15) is 5.75 Å². The molecule has 0 radical (unpaired) electrons. The summed E-state index contributed by atoms with van der Waals surface area (Å²) in [4.78, 5) is 12.9. The summed E-state index contributed by atoms with van der Waals surface area (Å²) < 4.78 is 38.5. The molecule has 0 bridgehead atoms. The Hall–Kier alpha value is -2.13. The molecule has 1 fully saturated rings. The Morgan fingerprint density at radius 3 is 2.50 bits per heavy atom. The monoisotopic (exact) mass is 452 g/mol. The zero-order valence-electron chi connectivity index (χ0n) is 17.3. The minimum atomic E-state index is -3.75. The third-order valence-corrected chi connectivity index (χ3v) is 7.08. The maximum atomic E-state index is 13.1. The van der Waals surface area contributed by atoms with Crippen molar-refractivity contribution in [3.05, 3.63) is 52.5 Å². The highest BCUT2D eigenvalue weighted by Crippen LogP contribution is 2.31. The molecule has 0 spiro atoms. The molecule has 1 aliphatic heterocycles. The van der Waals surface area contributed by atoms with Crippen LogP contribution in [0.2, 0.25) is 5.02 Å². The Balaban J connectivity index is 1.87. The average Bonchev–Trinajstić information content (AvgIpc) is 2.69. The van der Waals surface area contributed by atoms with Crippen molar-refractivity contribution in [1.29, 1.82) is 0 Å². The fourth-order valence-electron chi connectivity index (χ4n) is 3.40. The number of ether oxygens (including phenoxy) is 2. The zero-order chi connectivity index (χ0) is 22.1. The van der Waals surface area contributed by atoms with Gasteiger partial charge in [-0.25, -0.2) is 8.42 Å². The predicted molar refractivity (Wildman–Crippen MR) is 116 cm³/mol. The van der Waals surface area contributed by atoms with Crippen molar-refractivity contribution in [3.8, 4) is 5.75 Å². The summed E-state index contributed by atoms with van der Waals surface area (Å²) in [6.07, 6.45) is -0.397. The second-order valence-electron chi connectivity index (χ2n) is 7.36. The predicted octanol–water partition coefficient (Wildman–Crippen LogP) is 3.71. The van der Waals surface area contributed by atoms with Gasteiger partial charge in [0.2, 0.25) is 10.0 Å². The summed E-state index contributed by atoms with van der Waals surface area (Å²) in [6.45, 7) is 6.02. The molecular weight excluding hydrogens is 428 g/mol. The Bertz CT molecular complexity index is 1050. The molecule has 3 rings (SSSR count). The lowest BCUT2D eigenvalue weighted by Gasteiger charge is -2.34. The molecule has 0 aromatic heterocycles. The van der Waals surface area contributed by atoms with E-state index in [2.05, 4.69) is 5.32 Å². The number of rotatable bonds is 5. The number of carbonyl (C=O) groups excluding carboxylic acids is 1. The van der Waals surface area contributed by atoms with Gasteiger partial charge >= 0.3 is 0 Å². The van der Waals surface area contributed by atoms with Crippen LogP contribution >= 0.6 is 11.6 Å². The van der Waals surface area contributed by atoms with E-state index in [1.165, 1.54) is 23.5 Å². The molecular formula is C21H25ClN2O5S. The van der Waals surface area contributed by atoms with E-state index in [0.29, 0.717) is 16.5 Å². The molecule has 2 atom stereocenters. The molecule has 1 heterocycles. The van der Waals surface area contributed by atoms with Gasteiger partial charge in [-0.15, -0.1) is 0 Å². The van der Waals surface area contributed by atoms with Crippen LogP contribution in [0.3, 0.4) is 0 Å². The Kier molecular flexibility index (Phi) is 6.71. The lowest BCUT2D eigenvalue weighted by Crippen LogP contribution is -2.48. The van der Waals surface area contributed by atoms with Crippen molar-refractivity contribution >= 4 is 33.2 Å². The van der Waals surface area contributed by atoms with Gasteiger partial charge in [0.15, 0.2) is 0 Å². The van der Waals surface area contributed by atoms with Gasteiger partial charge in [0.05, 0.1) is 29.9 Å². The molecule has 30 heavy (non-hydrogen) atoms. The van der Waals surface area contributed by atoms with Crippen molar-refractivity contribution < 1.29 is 22.7 Å². The fourth-order valence-corrected chi connectivity index (χ4v) is 5.19. The van der Waals surface area contributed by atoms with E-state index >= 15 is 0 Å². The van der Waals surface area contributed by atoms with Crippen LogP contribution in [0.4, 0.5) is 5.69 Å². The number of anilines is 1. The van der Waals surface area contributed by atoms with Gasteiger partial charge < -0.3 is 14.8 Å². The van der Waals surface area contributed by atoms with Crippen molar-refractivity contribution in [2.45, 2.75) is 37.9 Å². The van der Waals surface area contributed by atoms with Crippen molar-refractivity contribution in [2.75, 3.05) is 25.5 Å². The normalized spacial score (nSPS) is 20.0. The number of aryl methyl sites for hydroxylation is 1. The maximum Gasteiger partial charge on any atom is 0.255 e. The second-order valence-corrected chi connectivity index (χ2v) is 9.71. The summed E-state index contributed by atoms with van der Waals surface area (Å²) in [5.41, 5.74) is 1.45. The van der Waals surface area contributed by atoms with Crippen molar-refractivity contribution in [1.82, 2.24) is 4.31 Å². The first-order chi connectivity index (χ1) is 14.1. The third-order valence-electron chi connectivity index (χ3n) is 4.85. The number of morpholine rings is 1. The average molecular weight is 453 g/mol. The van der Waals surface area contributed by atoms with E-state index in [1.807, 2.05) is 20.8 Å². The van der Waals surface area contributed by atoms with Crippen LogP contribution in [-0.4, -0.2) is 51.0 Å². The first kappa shape index (κ1) is 22.6. The second kappa shape index (κ2) is 8.93. The minimum absolute atomic E-state index is 0.0655. The van der Waals surface area contributed by atoms with E-state index < -0.39 is 15.9 Å². The van der Waals surface area contributed by atoms with Crippen LogP contribution in [0.1, 0.15) is 29.8 Å². The first-order valence-corrected chi connectivity index (χ1v) is 11.3. The number of hydrogen-bond acceptors (Lipinski definition) is 5. The highest BCUT2D eigenvalue weighted by atomic mass is 35.5. The topological polar surface area (TPSA) is 84.9 Å². The van der Waals surface area contributed by atoms with Gasteiger partial charge in [-0.3, -0.25) is 4.79 Å². The summed E-state index contributed by atoms with van der Waals surface area (Å²) in [6, 6.07) is 9.31. The molecule has 1 saturated heterocycles. The quantitative estimate of drug-likeness (QED) is 0.747. The molecule has 1 aliphatic rings. The van der Waals surface area contributed by atoms with Crippen LogP contribution in [-0.2, 0) is 14.8 Å². The smallest absolute Gasteiger partial charge is 0.255 e. The van der Waals surface area contributed by atoms with Crippen molar-refractivity contribution in [3.63, 3.8) is 0 Å². The Labute approximate surface area is 182 Å². The minimum Gasteiger partial charge on any atom is -0.495 e. The van der Waals surface area contributed by atoms with E-state index in [4.69, 9.17) is 21.1 Å². The molecule has 0 saturated carbocycles. The maximum absolute atomic E-state index is 13.1. The standard InChI is InChI=1S/C21H25ClN2O5S/c1-13-8-19(20(28-4)10-18(13)22)23-21(25)16-6-5-7-17(9-16)30(26,27)24-11-14(2)29-15(3)12-24/h5-10,14-15H,11-12H2,1-4H3,(H,23,25)/t14-,15-/m0/s1. The van der Waals surface area contributed by atoms with Gasteiger partial charge in [0, 0.05) is 29.7 Å². The summed E-state index contributed by atoms with van der Waals surface area (Å²) in [5, 5.41) is 3.29. The summed E-state index contributed by atoms with van der Waals surface area (Å²) >= 11 is 6.11. The van der Waals surface area contributed by atoms with Crippen LogP contribution in [0.25, 0.3) is 0 Å². The molecule has 7 nitrogen and oxygen atoms in total. The van der Waals surface area contributed by atoms with Crippen LogP contribution in [0.5, 0.6) is 5.75 Å². The molecule has 0 unspecified atom stereocenters. The molecule has 2 aromatic rings. The SMILES string of the molecule is COc1cc(Cl)c(C)cc1NC(=O)c1cccc(S(=O)(=O)N2C[C@H](C)O[C@@H](C)C2)c1. The molecule has 1 N–H and O–H groups in total. The number of sulfonamides is 1. The zero-order valence-corrected chi connectivity index (χ0v) is 18.9. The number of amides is 1. The van der Waals surface area contributed by atoms with Crippen LogP contribution < -0.4 is 10.1 Å². The largest absolute Gasteiger partial charge is 0.495 e. The van der Waals surface area contributed by atoms with Gasteiger partial charge in [-0.2, -0.15) is 4.31 Å². The van der Waals surface area contributed by atoms with Crippen LogP contribution in [0.15, 0.2) is 41.3 Å². The third kappa shape index (κ3) is 4.78. The van der Waals surface area contributed by atoms with E-state index in [1.54, 1.807) is 24.3 Å². The van der Waals surface area contributed by atoms with E-state index in [9.17, 15) is 13.2 Å². The van der Waals surface area contributed by atoms with Crippen molar-refractivity contribution in [2.24, 2.45) is 0 Å². The summed E-state index contributed by atoms with van der Waals surface area (Å²) in [5.74, 6) is -0.0326. The highest BCUT2D eigenvalue weighted by molar-refractivity contribution is 7.89. The number of halogens is 1. The molecule has 2 aromatic carbocycles. The molecule has 162 valence electrons. The lowest BCUT2D eigenvalue weighted by atomic mass is 10.1. The number of hydrogen-bond donors (Lipinski definition) is 1.